The van der Waals surface area contributed by atoms with Gasteiger partial charge in [-0.2, -0.15) is 0 Å². The van der Waals surface area contributed by atoms with Crippen molar-refractivity contribution in [1.82, 2.24) is 9.55 Å². The third-order valence-electron chi connectivity index (χ3n) is 3.55. The Hall–Kier alpha value is -2.38. The fourth-order valence-electron chi connectivity index (χ4n) is 2.33. The summed E-state index contributed by atoms with van der Waals surface area (Å²) < 4.78 is 5.97. The van der Waals surface area contributed by atoms with Gasteiger partial charge >= 0.3 is 5.97 Å². The van der Waals surface area contributed by atoms with Crippen LogP contribution in [0.5, 0.6) is 0 Å². The van der Waals surface area contributed by atoms with E-state index in [1.807, 2.05) is 30.3 Å². The van der Waals surface area contributed by atoms with E-state index < -0.39 is 11.5 Å². The Morgan fingerprint density at radius 3 is 2.76 bits per heavy atom. The molecule has 1 heterocycles. The lowest BCUT2D eigenvalue weighted by atomic mass is 10.1. The number of anilines is 1. The van der Waals surface area contributed by atoms with Gasteiger partial charge in [0.15, 0.2) is 5.82 Å². The summed E-state index contributed by atoms with van der Waals surface area (Å²) in [5.41, 5.74) is 6.40. The number of nitrogens with zero attached hydrogens (tertiary/aromatic N) is 2. The fraction of sp³-hybridized carbons (Fsp3) is 0.353. The highest BCUT2D eigenvalue weighted by Gasteiger charge is 2.16. The summed E-state index contributed by atoms with van der Waals surface area (Å²) in [5.74, 6) is -0.441. The number of rotatable bonds is 8. The molecule has 0 aliphatic rings. The maximum atomic E-state index is 12.5. The minimum absolute atomic E-state index is 0.0657. The molecule has 0 bridgehead atoms. The molecule has 0 saturated carbocycles. The van der Waals surface area contributed by atoms with Crippen LogP contribution in [0.3, 0.4) is 0 Å². The predicted octanol–water partition coefficient (Wildman–Crippen LogP) is 1.44. The van der Waals surface area contributed by atoms with Crippen molar-refractivity contribution in [1.29, 1.82) is 0 Å². The first-order valence-electron chi connectivity index (χ1n) is 7.96. The van der Waals surface area contributed by atoms with Gasteiger partial charge in [0.05, 0.1) is 12.8 Å². The monoisotopic (exact) mass is 364 g/mol. The van der Waals surface area contributed by atoms with Crippen LogP contribution < -0.4 is 16.6 Å². The lowest BCUT2D eigenvalue weighted by Crippen LogP contribution is -2.36. The van der Waals surface area contributed by atoms with Crippen LogP contribution in [0.15, 0.2) is 41.3 Å². The standard InChI is InChI=1S/C17H21ClN4O3/c1-2-25-15(23)11-22-14(18)10-20-16(17(22)24)21-13(9-19)8-12-6-4-3-5-7-12/h3-7,10,13H,2,8-9,11,19H2,1H3,(H,20,21). The highest BCUT2D eigenvalue weighted by molar-refractivity contribution is 6.29. The summed E-state index contributed by atoms with van der Waals surface area (Å²) in [7, 11) is 0. The van der Waals surface area contributed by atoms with E-state index in [4.69, 9.17) is 22.1 Å². The second kappa shape index (κ2) is 9.19. The zero-order valence-electron chi connectivity index (χ0n) is 13.9. The second-order valence-electron chi connectivity index (χ2n) is 5.39. The Balaban J connectivity index is 2.18. The number of benzene rings is 1. The van der Waals surface area contributed by atoms with Crippen molar-refractivity contribution in [3.63, 3.8) is 0 Å². The maximum Gasteiger partial charge on any atom is 0.326 e. The Morgan fingerprint density at radius 2 is 2.12 bits per heavy atom. The summed E-state index contributed by atoms with van der Waals surface area (Å²) in [5, 5.41) is 3.10. The van der Waals surface area contributed by atoms with Gasteiger partial charge in [0.1, 0.15) is 11.7 Å². The van der Waals surface area contributed by atoms with E-state index in [1.54, 1.807) is 6.92 Å². The van der Waals surface area contributed by atoms with Crippen molar-refractivity contribution in [3.8, 4) is 0 Å². The molecule has 0 saturated heterocycles. The summed E-state index contributed by atoms with van der Waals surface area (Å²) in [6.07, 6.45) is 1.96. The molecule has 0 radical (unpaired) electrons. The molecule has 25 heavy (non-hydrogen) atoms. The van der Waals surface area contributed by atoms with Crippen molar-refractivity contribution in [2.75, 3.05) is 18.5 Å². The summed E-state index contributed by atoms with van der Waals surface area (Å²) >= 11 is 5.99. The molecule has 2 rings (SSSR count). The van der Waals surface area contributed by atoms with E-state index in [-0.39, 0.29) is 30.2 Å². The minimum atomic E-state index is -0.539. The number of carbonyl (C=O) groups excluding carboxylic acids is 1. The largest absolute Gasteiger partial charge is 0.465 e. The van der Waals surface area contributed by atoms with Gasteiger partial charge in [-0.1, -0.05) is 41.9 Å². The Kier molecular flexibility index (Phi) is 6.97. The van der Waals surface area contributed by atoms with E-state index in [0.717, 1.165) is 10.1 Å². The van der Waals surface area contributed by atoms with Crippen molar-refractivity contribution in [2.24, 2.45) is 5.73 Å². The van der Waals surface area contributed by atoms with Crippen molar-refractivity contribution in [2.45, 2.75) is 25.9 Å². The number of aromatic nitrogens is 2. The molecule has 0 aliphatic heterocycles. The molecule has 0 spiro atoms. The van der Waals surface area contributed by atoms with Gasteiger partial charge in [0.2, 0.25) is 0 Å². The van der Waals surface area contributed by atoms with Crippen molar-refractivity contribution >= 4 is 23.4 Å². The van der Waals surface area contributed by atoms with Gasteiger partial charge in [-0.05, 0) is 18.9 Å². The van der Waals surface area contributed by atoms with E-state index in [9.17, 15) is 9.59 Å². The molecule has 0 aliphatic carbocycles. The molecular formula is C17H21ClN4O3. The smallest absolute Gasteiger partial charge is 0.326 e. The minimum Gasteiger partial charge on any atom is -0.465 e. The zero-order valence-corrected chi connectivity index (χ0v) is 14.7. The average molecular weight is 365 g/mol. The van der Waals surface area contributed by atoms with Gasteiger partial charge in [0.25, 0.3) is 5.56 Å². The van der Waals surface area contributed by atoms with Crippen LogP contribution in [0.1, 0.15) is 12.5 Å². The second-order valence-corrected chi connectivity index (χ2v) is 5.78. The zero-order chi connectivity index (χ0) is 18.2. The highest BCUT2D eigenvalue weighted by atomic mass is 35.5. The predicted molar refractivity (Wildman–Crippen MR) is 96.8 cm³/mol. The topological polar surface area (TPSA) is 99.2 Å². The van der Waals surface area contributed by atoms with Crippen LogP contribution in [0.4, 0.5) is 5.82 Å². The SMILES string of the molecule is CCOC(=O)Cn1c(Cl)cnc(NC(CN)Cc2ccccc2)c1=O. The Morgan fingerprint density at radius 1 is 1.40 bits per heavy atom. The molecular weight excluding hydrogens is 344 g/mol. The Bertz CT molecular complexity index is 764. The van der Waals surface area contributed by atoms with E-state index in [1.165, 1.54) is 6.20 Å². The summed E-state index contributed by atoms with van der Waals surface area (Å²) in [4.78, 5) is 28.2. The molecule has 8 heteroatoms. The number of ether oxygens (including phenoxy) is 1. The lowest BCUT2D eigenvalue weighted by Gasteiger charge is -2.18. The van der Waals surface area contributed by atoms with Gasteiger partial charge in [-0.15, -0.1) is 0 Å². The Labute approximate surface area is 150 Å². The molecule has 0 fully saturated rings. The number of hydrogen-bond acceptors (Lipinski definition) is 6. The first-order chi connectivity index (χ1) is 12.0. The van der Waals surface area contributed by atoms with Crippen molar-refractivity contribution < 1.29 is 9.53 Å². The third kappa shape index (κ3) is 5.30. The highest BCUT2D eigenvalue weighted by Crippen LogP contribution is 2.09. The van der Waals surface area contributed by atoms with Gasteiger partial charge in [-0.3, -0.25) is 14.2 Å². The van der Waals surface area contributed by atoms with Gasteiger partial charge < -0.3 is 15.8 Å². The molecule has 7 nitrogen and oxygen atoms in total. The van der Waals surface area contributed by atoms with Crippen LogP contribution in [0.2, 0.25) is 5.15 Å². The first-order valence-corrected chi connectivity index (χ1v) is 8.34. The molecule has 1 aromatic carbocycles. The number of nitrogens with one attached hydrogen (secondary N) is 1. The average Bonchev–Trinajstić information content (AvgIpc) is 2.61. The van der Waals surface area contributed by atoms with Crippen LogP contribution in [0, 0.1) is 0 Å². The van der Waals surface area contributed by atoms with Crippen LogP contribution in [-0.4, -0.2) is 34.7 Å². The number of carbonyl (C=O) groups is 1. The van der Waals surface area contributed by atoms with Gasteiger partial charge in [0, 0.05) is 12.6 Å². The van der Waals surface area contributed by atoms with Crippen molar-refractivity contribution in [3.05, 3.63) is 57.6 Å². The molecule has 2 aromatic rings. The van der Waals surface area contributed by atoms with E-state index in [0.29, 0.717) is 13.0 Å². The molecule has 0 amide bonds. The van der Waals surface area contributed by atoms with E-state index >= 15 is 0 Å². The first kappa shape index (κ1) is 19.0. The van der Waals surface area contributed by atoms with Crippen LogP contribution in [0.25, 0.3) is 0 Å². The molecule has 1 aromatic heterocycles. The van der Waals surface area contributed by atoms with E-state index in [2.05, 4.69) is 10.3 Å². The normalized spacial score (nSPS) is 11.8. The number of hydrogen-bond donors (Lipinski definition) is 2. The molecule has 3 N–H and O–H groups in total. The quantitative estimate of drug-likeness (QED) is 0.688. The lowest BCUT2D eigenvalue weighted by molar-refractivity contribution is -0.143. The summed E-state index contributed by atoms with van der Waals surface area (Å²) in [6.45, 7) is 1.97. The molecule has 1 atom stereocenters. The fourth-order valence-corrected chi connectivity index (χ4v) is 2.52. The summed E-state index contributed by atoms with van der Waals surface area (Å²) in [6, 6.07) is 9.60. The van der Waals surface area contributed by atoms with Crippen LogP contribution >= 0.6 is 11.6 Å². The maximum absolute atomic E-state index is 12.5. The third-order valence-corrected chi connectivity index (χ3v) is 3.85. The molecule has 1 unspecified atom stereocenters. The van der Waals surface area contributed by atoms with Gasteiger partial charge in [-0.25, -0.2) is 4.98 Å². The number of nitrogens with two attached hydrogens (primary N) is 1. The number of esters is 1. The van der Waals surface area contributed by atoms with Crippen LogP contribution in [-0.2, 0) is 22.5 Å². The number of halogens is 1. The molecule has 134 valence electrons.